The third-order valence-corrected chi connectivity index (χ3v) is 3.23. The third kappa shape index (κ3) is 2.02. The van der Waals surface area contributed by atoms with E-state index in [1.165, 1.54) is 16.7 Å². The van der Waals surface area contributed by atoms with E-state index in [4.69, 9.17) is 0 Å². The molecular formula is C16H16N2. The minimum absolute atomic E-state index is 0.873. The summed E-state index contributed by atoms with van der Waals surface area (Å²) in [5.41, 5.74) is 5.01. The van der Waals surface area contributed by atoms with E-state index in [1.807, 2.05) is 6.20 Å². The molecule has 0 bridgehead atoms. The topological polar surface area (TPSA) is 17.3 Å². The lowest BCUT2D eigenvalue weighted by molar-refractivity contribution is 0.955. The standard InChI is InChI=1S/C16H16N2/c1-12-3-6-14(7-4-12)9-16-17-10-15-8-5-13(2)11-18(15)16/h3-8,10-11H,9H2,1-2H3. The molecular weight excluding hydrogens is 220 g/mol. The fourth-order valence-corrected chi connectivity index (χ4v) is 2.17. The Labute approximate surface area is 107 Å². The van der Waals surface area contributed by atoms with Gasteiger partial charge in [-0.05, 0) is 31.0 Å². The van der Waals surface area contributed by atoms with Gasteiger partial charge in [-0.1, -0.05) is 35.9 Å². The summed E-state index contributed by atoms with van der Waals surface area (Å²) in [4.78, 5) is 4.52. The van der Waals surface area contributed by atoms with Crippen LogP contribution in [0.2, 0.25) is 0 Å². The molecule has 0 saturated heterocycles. The second-order valence-electron chi connectivity index (χ2n) is 4.84. The summed E-state index contributed by atoms with van der Waals surface area (Å²) in [7, 11) is 0. The van der Waals surface area contributed by atoms with Crippen LogP contribution in [0.25, 0.3) is 5.52 Å². The highest BCUT2D eigenvalue weighted by Gasteiger charge is 2.04. The molecule has 0 aliphatic rings. The fraction of sp³-hybridized carbons (Fsp3) is 0.188. The molecule has 2 heteroatoms. The maximum absolute atomic E-state index is 4.52. The zero-order chi connectivity index (χ0) is 12.5. The molecule has 0 spiro atoms. The Hall–Kier alpha value is -2.09. The van der Waals surface area contributed by atoms with Crippen molar-refractivity contribution in [2.45, 2.75) is 20.3 Å². The summed E-state index contributed by atoms with van der Waals surface area (Å²) >= 11 is 0. The quantitative estimate of drug-likeness (QED) is 0.665. The van der Waals surface area contributed by atoms with Gasteiger partial charge in [0.2, 0.25) is 0 Å². The van der Waals surface area contributed by atoms with Crippen molar-refractivity contribution in [3.05, 3.63) is 71.3 Å². The average Bonchev–Trinajstić information content (AvgIpc) is 2.75. The van der Waals surface area contributed by atoms with Crippen molar-refractivity contribution in [3.63, 3.8) is 0 Å². The summed E-state index contributed by atoms with van der Waals surface area (Å²) in [5.74, 6) is 1.09. The molecule has 2 heterocycles. The maximum atomic E-state index is 4.52. The number of imidazole rings is 1. The van der Waals surface area contributed by atoms with Gasteiger partial charge < -0.3 is 4.40 Å². The van der Waals surface area contributed by atoms with Crippen LogP contribution in [-0.4, -0.2) is 9.38 Å². The molecule has 0 saturated carbocycles. The van der Waals surface area contributed by atoms with E-state index in [0.29, 0.717) is 0 Å². The zero-order valence-corrected chi connectivity index (χ0v) is 10.7. The first-order chi connectivity index (χ1) is 8.72. The molecule has 0 radical (unpaired) electrons. The van der Waals surface area contributed by atoms with E-state index < -0.39 is 0 Å². The second kappa shape index (κ2) is 4.30. The van der Waals surface area contributed by atoms with Crippen molar-refractivity contribution in [1.82, 2.24) is 9.38 Å². The highest BCUT2D eigenvalue weighted by atomic mass is 15.0. The molecule has 1 aromatic carbocycles. The molecule has 0 unspecified atom stereocenters. The van der Waals surface area contributed by atoms with Crippen LogP contribution in [-0.2, 0) is 6.42 Å². The monoisotopic (exact) mass is 236 g/mol. The van der Waals surface area contributed by atoms with Gasteiger partial charge >= 0.3 is 0 Å². The van der Waals surface area contributed by atoms with Crippen LogP contribution >= 0.6 is 0 Å². The molecule has 0 amide bonds. The van der Waals surface area contributed by atoms with E-state index in [9.17, 15) is 0 Å². The van der Waals surface area contributed by atoms with Crippen molar-refractivity contribution in [1.29, 1.82) is 0 Å². The number of rotatable bonds is 2. The Balaban J connectivity index is 1.99. The predicted molar refractivity (Wildman–Crippen MR) is 73.9 cm³/mol. The summed E-state index contributed by atoms with van der Waals surface area (Å²) in [6, 6.07) is 12.9. The van der Waals surface area contributed by atoms with E-state index >= 15 is 0 Å². The number of aromatic nitrogens is 2. The number of hydrogen-bond donors (Lipinski definition) is 0. The normalized spacial score (nSPS) is 11.0. The van der Waals surface area contributed by atoms with Crippen molar-refractivity contribution in [2.24, 2.45) is 0 Å². The van der Waals surface area contributed by atoms with Gasteiger partial charge in [0.1, 0.15) is 5.82 Å². The number of benzene rings is 1. The Morgan fingerprint density at radius 2 is 1.67 bits per heavy atom. The first-order valence-electron chi connectivity index (χ1n) is 6.20. The molecule has 0 N–H and O–H groups in total. The van der Waals surface area contributed by atoms with Crippen LogP contribution in [0.1, 0.15) is 22.5 Å². The van der Waals surface area contributed by atoms with Gasteiger partial charge in [0.05, 0.1) is 11.7 Å². The lowest BCUT2D eigenvalue weighted by Crippen LogP contribution is -1.96. The van der Waals surface area contributed by atoms with Gasteiger partial charge in [0.15, 0.2) is 0 Å². The predicted octanol–water partition coefficient (Wildman–Crippen LogP) is 3.54. The smallest absolute Gasteiger partial charge is 0.117 e. The van der Waals surface area contributed by atoms with Crippen molar-refractivity contribution >= 4 is 5.52 Å². The van der Waals surface area contributed by atoms with Crippen molar-refractivity contribution in [2.75, 3.05) is 0 Å². The molecule has 0 aliphatic heterocycles. The zero-order valence-electron chi connectivity index (χ0n) is 10.7. The molecule has 0 aliphatic carbocycles. The van der Waals surface area contributed by atoms with Crippen LogP contribution in [0.3, 0.4) is 0 Å². The lowest BCUT2D eigenvalue weighted by Gasteiger charge is -2.03. The Morgan fingerprint density at radius 1 is 0.944 bits per heavy atom. The Morgan fingerprint density at radius 3 is 2.44 bits per heavy atom. The maximum Gasteiger partial charge on any atom is 0.117 e. The number of pyridine rings is 1. The minimum Gasteiger partial charge on any atom is -0.303 e. The van der Waals surface area contributed by atoms with Gasteiger partial charge in [0.25, 0.3) is 0 Å². The summed E-state index contributed by atoms with van der Waals surface area (Å²) in [6.45, 7) is 4.22. The first-order valence-corrected chi connectivity index (χ1v) is 6.20. The first kappa shape index (κ1) is 11.0. The minimum atomic E-state index is 0.873. The van der Waals surface area contributed by atoms with Gasteiger partial charge in [0, 0.05) is 12.6 Å². The number of hydrogen-bond acceptors (Lipinski definition) is 1. The largest absolute Gasteiger partial charge is 0.303 e. The Bertz CT molecular complexity index is 678. The van der Waals surface area contributed by atoms with Crippen LogP contribution < -0.4 is 0 Å². The van der Waals surface area contributed by atoms with Gasteiger partial charge in [-0.2, -0.15) is 0 Å². The van der Waals surface area contributed by atoms with E-state index in [-0.39, 0.29) is 0 Å². The number of aryl methyl sites for hydroxylation is 2. The average molecular weight is 236 g/mol. The number of fused-ring (bicyclic) bond motifs is 1. The van der Waals surface area contributed by atoms with Crippen molar-refractivity contribution < 1.29 is 0 Å². The molecule has 90 valence electrons. The summed E-state index contributed by atoms with van der Waals surface area (Å²) in [5, 5.41) is 0. The molecule has 0 fully saturated rings. The molecule has 2 aromatic heterocycles. The number of nitrogens with zero attached hydrogens (tertiary/aromatic N) is 2. The van der Waals surface area contributed by atoms with Crippen LogP contribution in [0.15, 0.2) is 48.8 Å². The molecule has 0 atom stereocenters. The van der Waals surface area contributed by atoms with Crippen LogP contribution in [0.4, 0.5) is 0 Å². The second-order valence-corrected chi connectivity index (χ2v) is 4.84. The van der Waals surface area contributed by atoms with Gasteiger partial charge in [-0.25, -0.2) is 4.98 Å². The van der Waals surface area contributed by atoms with Gasteiger partial charge in [-0.3, -0.25) is 0 Å². The SMILES string of the molecule is Cc1ccc(Cc2ncc3ccc(C)cn23)cc1. The van der Waals surface area contributed by atoms with Crippen LogP contribution in [0.5, 0.6) is 0 Å². The Kier molecular flexibility index (Phi) is 2.63. The van der Waals surface area contributed by atoms with Gasteiger partial charge in [-0.15, -0.1) is 0 Å². The lowest BCUT2D eigenvalue weighted by atomic mass is 10.1. The van der Waals surface area contributed by atoms with Crippen LogP contribution in [0, 0.1) is 13.8 Å². The molecule has 2 nitrogen and oxygen atoms in total. The summed E-state index contributed by atoms with van der Waals surface area (Å²) in [6.07, 6.45) is 4.95. The summed E-state index contributed by atoms with van der Waals surface area (Å²) < 4.78 is 2.18. The third-order valence-electron chi connectivity index (χ3n) is 3.23. The molecule has 3 rings (SSSR count). The highest BCUT2D eigenvalue weighted by Crippen LogP contribution is 2.13. The fourth-order valence-electron chi connectivity index (χ4n) is 2.17. The van der Waals surface area contributed by atoms with E-state index in [1.54, 1.807) is 0 Å². The van der Waals surface area contributed by atoms with E-state index in [0.717, 1.165) is 17.8 Å². The molecule has 18 heavy (non-hydrogen) atoms. The van der Waals surface area contributed by atoms with Crippen molar-refractivity contribution in [3.8, 4) is 0 Å². The van der Waals surface area contributed by atoms with E-state index in [2.05, 4.69) is 65.8 Å². The molecule has 3 aromatic rings. The highest BCUT2D eigenvalue weighted by molar-refractivity contribution is 5.47.